The number of methoxy groups -OCH3 is 4. The van der Waals surface area contributed by atoms with Crippen LogP contribution in [0.4, 0.5) is 0 Å². The third kappa shape index (κ3) is 7.05. The molecule has 10 nitrogen and oxygen atoms in total. The predicted molar refractivity (Wildman–Crippen MR) is 136 cm³/mol. The van der Waals surface area contributed by atoms with Gasteiger partial charge in [0.15, 0.2) is 23.0 Å². The summed E-state index contributed by atoms with van der Waals surface area (Å²) in [5.74, 6) is -1.31. The van der Waals surface area contributed by atoms with Crippen LogP contribution >= 0.6 is 0 Å². The van der Waals surface area contributed by atoms with E-state index in [1.54, 1.807) is 52.1 Å². The van der Waals surface area contributed by atoms with E-state index in [1.165, 1.54) is 20.3 Å². The first-order valence-corrected chi connectivity index (χ1v) is 12.4. The van der Waals surface area contributed by atoms with Crippen LogP contribution in [0, 0.1) is 17.2 Å². The summed E-state index contributed by atoms with van der Waals surface area (Å²) in [5.41, 5.74) is -0.558. The molecule has 0 aliphatic rings. The van der Waals surface area contributed by atoms with Crippen molar-refractivity contribution < 1.29 is 55.3 Å². The molecule has 0 spiro atoms. The zero-order chi connectivity index (χ0) is 29.1. The van der Waals surface area contributed by atoms with Crippen molar-refractivity contribution >= 4 is 0 Å². The van der Waals surface area contributed by atoms with Gasteiger partial charge in [-0.3, -0.25) is 0 Å². The van der Waals surface area contributed by atoms with Gasteiger partial charge in [-0.25, -0.2) is 0 Å². The van der Waals surface area contributed by atoms with E-state index in [2.05, 4.69) is 6.07 Å². The Morgan fingerprint density at radius 3 is 1.89 bits per heavy atom. The fourth-order valence-corrected chi connectivity index (χ4v) is 4.46. The van der Waals surface area contributed by atoms with Gasteiger partial charge in [0.25, 0.3) is 0 Å². The van der Waals surface area contributed by atoms with Gasteiger partial charge in [-0.1, -0.05) is 26.0 Å². The van der Waals surface area contributed by atoms with Crippen molar-refractivity contribution in [1.29, 1.82) is 5.26 Å². The third-order valence-electron chi connectivity index (χ3n) is 6.64. The van der Waals surface area contributed by atoms with E-state index < -0.39 is 23.2 Å². The van der Waals surface area contributed by atoms with E-state index in [0.29, 0.717) is 41.5 Å². The molecule has 0 saturated heterocycles. The minimum atomic E-state index is -2.77. The van der Waals surface area contributed by atoms with Gasteiger partial charge in [-0.05, 0) is 54.8 Å². The Morgan fingerprint density at radius 2 is 1.42 bits per heavy atom. The molecule has 0 saturated carbocycles. The molecule has 0 aliphatic carbocycles. The topological polar surface area (TPSA) is 142 Å². The summed E-state index contributed by atoms with van der Waals surface area (Å²) in [5, 5.41) is 43.9. The molecule has 2 aromatic carbocycles. The molecule has 0 bridgehead atoms. The van der Waals surface area contributed by atoms with Crippen LogP contribution in [0.25, 0.3) is 0 Å². The normalized spacial score (nSPS) is 13.5. The van der Waals surface area contributed by atoms with E-state index in [4.69, 9.17) is 22.6 Å². The summed E-state index contributed by atoms with van der Waals surface area (Å²) >= 11 is 1.06. The molecule has 0 radical (unpaired) electrons. The minimum absolute atomic E-state index is 0.0796. The molecule has 2 unspecified atom stereocenters. The molecule has 11 heteroatoms. The average Bonchev–Trinajstić information content (AvgIpc) is 2.92. The van der Waals surface area contributed by atoms with E-state index in [-0.39, 0.29) is 6.54 Å². The molecular formula is C27H38N2O8V. The van der Waals surface area contributed by atoms with Gasteiger partial charge in [0, 0.05) is 13.1 Å². The Labute approximate surface area is 233 Å². The molecule has 0 aromatic heterocycles. The third-order valence-corrected chi connectivity index (χ3v) is 6.64. The van der Waals surface area contributed by atoms with E-state index >= 15 is 0 Å². The molecule has 38 heavy (non-hydrogen) atoms. The standard InChI is InChI=1S/C27H38N2O7.O.V/c1-18(2)26(17-28,20-9-11-22(34-5)24(15-20)36-7)27(31,32)25(30)16-29(3)13-12-19-8-10-21(33-4)23(14-19)35-6;;/h8-11,14-15,18,25,30-32H,12-13,16H2,1-7H3;;. The first-order valence-electron chi connectivity index (χ1n) is 11.9. The van der Waals surface area contributed by atoms with Gasteiger partial charge in [0.05, 0.1) is 34.5 Å². The van der Waals surface area contributed by atoms with Crippen LogP contribution in [0.2, 0.25) is 0 Å². The van der Waals surface area contributed by atoms with Crippen LogP contribution in [0.5, 0.6) is 23.0 Å². The SMILES string of the molecule is COc1ccc(CCN(C)CC(O)C(O)(O)C(C#N)(c2ccc(OC)c(OC)c2)C(C)C)cc1OC.[O]=[V]. The van der Waals surface area contributed by atoms with Gasteiger partial charge in [0.1, 0.15) is 11.5 Å². The molecule has 0 amide bonds. The zero-order valence-corrected chi connectivity index (χ0v) is 24.4. The van der Waals surface area contributed by atoms with Crippen molar-refractivity contribution in [1.82, 2.24) is 4.90 Å². The summed E-state index contributed by atoms with van der Waals surface area (Å²) in [4.78, 5) is 1.78. The van der Waals surface area contributed by atoms with Crippen LogP contribution < -0.4 is 18.9 Å². The summed E-state index contributed by atoms with van der Waals surface area (Å²) in [6, 6.07) is 12.4. The van der Waals surface area contributed by atoms with E-state index in [9.17, 15) is 20.6 Å². The monoisotopic (exact) mass is 569 g/mol. The molecule has 0 aliphatic heterocycles. The van der Waals surface area contributed by atoms with Crippen molar-refractivity contribution in [2.24, 2.45) is 5.92 Å². The van der Waals surface area contributed by atoms with Crippen molar-refractivity contribution in [3.63, 3.8) is 0 Å². The van der Waals surface area contributed by atoms with Gasteiger partial charge in [-0.2, -0.15) is 5.26 Å². The van der Waals surface area contributed by atoms with E-state index in [1.807, 2.05) is 18.2 Å². The van der Waals surface area contributed by atoms with Crippen LogP contribution in [0.15, 0.2) is 36.4 Å². The zero-order valence-electron chi connectivity index (χ0n) is 23.0. The number of hydrogen-bond donors (Lipinski definition) is 3. The average molecular weight is 570 g/mol. The van der Waals surface area contributed by atoms with Gasteiger partial charge in [-0.15, -0.1) is 0 Å². The number of aliphatic hydroxyl groups is 3. The predicted octanol–water partition coefficient (Wildman–Crippen LogP) is 2.23. The summed E-state index contributed by atoms with van der Waals surface area (Å²) in [7, 11) is 7.85. The second kappa shape index (κ2) is 15.1. The van der Waals surface area contributed by atoms with Gasteiger partial charge in [0.2, 0.25) is 5.79 Å². The second-order valence-electron chi connectivity index (χ2n) is 9.09. The molecule has 3 N–H and O–H groups in total. The fraction of sp³-hybridized carbons (Fsp3) is 0.519. The van der Waals surface area contributed by atoms with Gasteiger partial charge >= 0.3 is 21.0 Å². The number of likely N-dealkylation sites (N-methyl/N-ethyl adjacent to an activating group) is 1. The Bertz CT molecular complexity index is 1080. The summed E-state index contributed by atoms with van der Waals surface area (Å²) in [6.45, 7) is 3.84. The molecule has 0 heterocycles. The van der Waals surface area contributed by atoms with Crippen molar-refractivity contribution in [3.05, 3.63) is 47.5 Å². The molecule has 2 aromatic rings. The van der Waals surface area contributed by atoms with E-state index in [0.717, 1.165) is 22.9 Å². The van der Waals surface area contributed by atoms with Crippen LogP contribution in [0.3, 0.4) is 0 Å². The quantitative estimate of drug-likeness (QED) is 0.308. The number of nitriles is 1. The second-order valence-corrected chi connectivity index (χ2v) is 9.09. The van der Waals surface area contributed by atoms with Crippen molar-refractivity contribution in [2.45, 2.75) is 37.6 Å². The molecule has 209 valence electrons. The molecule has 0 fully saturated rings. The number of nitrogens with zero attached hydrogens (tertiary/aromatic N) is 2. The Morgan fingerprint density at radius 1 is 0.921 bits per heavy atom. The molecule has 2 atom stereocenters. The number of ether oxygens (including phenoxy) is 4. The Balaban J connectivity index is 0.00000352. The maximum absolute atomic E-state index is 11.3. The number of hydrogen-bond acceptors (Lipinski definition) is 10. The summed E-state index contributed by atoms with van der Waals surface area (Å²) in [6.07, 6.45) is -1.03. The fourth-order valence-electron chi connectivity index (χ4n) is 4.46. The number of rotatable bonds is 13. The van der Waals surface area contributed by atoms with Crippen molar-refractivity contribution in [2.75, 3.05) is 48.6 Å². The number of aliphatic hydroxyl groups excluding tert-OH is 1. The number of benzene rings is 2. The summed E-state index contributed by atoms with van der Waals surface area (Å²) < 4.78 is 29.4. The van der Waals surface area contributed by atoms with Gasteiger partial charge < -0.3 is 39.2 Å². The van der Waals surface area contributed by atoms with Crippen molar-refractivity contribution in [3.8, 4) is 29.1 Å². The Kier molecular flexibility index (Phi) is 13.2. The molecular weight excluding hydrogens is 531 g/mol. The van der Waals surface area contributed by atoms with Crippen LogP contribution in [-0.2, 0) is 32.9 Å². The van der Waals surface area contributed by atoms with Crippen LogP contribution in [-0.4, -0.2) is 80.7 Å². The van der Waals surface area contributed by atoms with Crippen LogP contribution in [0.1, 0.15) is 25.0 Å². The molecule has 2 rings (SSSR count). The Hall–Kier alpha value is -2.65. The first-order chi connectivity index (χ1) is 18.0. The maximum atomic E-state index is 11.3. The first kappa shape index (κ1) is 33.4.